The van der Waals surface area contributed by atoms with Crippen molar-refractivity contribution in [1.82, 2.24) is 19.7 Å². The first-order chi connectivity index (χ1) is 16.3. The molecule has 1 spiro atoms. The highest BCUT2D eigenvalue weighted by atomic mass is 35.5. The maximum atomic E-state index is 14.4. The summed E-state index contributed by atoms with van der Waals surface area (Å²) in [6.07, 6.45) is 5.08. The minimum atomic E-state index is -2.99. The van der Waals surface area contributed by atoms with Crippen LogP contribution in [0.5, 0.6) is 0 Å². The van der Waals surface area contributed by atoms with E-state index in [0.29, 0.717) is 35.3 Å². The monoisotopic (exact) mass is 508 g/mol. The molecule has 2 aliphatic heterocycles. The number of halogens is 3. The lowest BCUT2D eigenvalue weighted by molar-refractivity contribution is -0.182. The number of thiophene rings is 1. The van der Waals surface area contributed by atoms with Gasteiger partial charge >= 0.3 is 0 Å². The van der Waals surface area contributed by atoms with E-state index in [0.717, 1.165) is 42.3 Å². The molecule has 0 aromatic carbocycles. The van der Waals surface area contributed by atoms with Crippen LogP contribution >= 0.6 is 22.9 Å². The normalized spacial score (nSPS) is 19.4. The fraction of sp³-hybridized carbons (Fsp3) is 0.500. The van der Waals surface area contributed by atoms with Crippen molar-refractivity contribution in [2.24, 2.45) is 0 Å². The van der Waals surface area contributed by atoms with Crippen molar-refractivity contribution in [3.05, 3.63) is 62.2 Å². The number of fused-ring (bicyclic) bond motifs is 2. The molecule has 3 aromatic heterocycles. The van der Waals surface area contributed by atoms with Crippen LogP contribution in [0.1, 0.15) is 47.0 Å². The Labute approximate surface area is 206 Å². The van der Waals surface area contributed by atoms with Crippen molar-refractivity contribution in [1.29, 1.82) is 0 Å². The van der Waals surface area contributed by atoms with Gasteiger partial charge in [-0.15, -0.1) is 11.3 Å². The van der Waals surface area contributed by atoms with Gasteiger partial charge in [0.2, 0.25) is 0 Å². The number of rotatable bonds is 6. The highest BCUT2D eigenvalue weighted by Gasteiger charge is 2.51. The number of nitrogens with zero attached hydrogens (tertiary/aromatic N) is 4. The lowest BCUT2D eigenvalue weighted by atomic mass is 9.84. The van der Waals surface area contributed by atoms with Crippen molar-refractivity contribution >= 4 is 22.9 Å². The number of aryl methyl sites for hydroxylation is 1. The molecule has 182 valence electrons. The molecule has 5 heterocycles. The van der Waals surface area contributed by atoms with Gasteiger partial charge in [0.05, 0.1) is 16.6 Å². The van der Waals surface area contributed by atoms with Gasteiger partial charge in [-0.2, -0.15) is 13.9 Å². The topological polar surface area (TPSA) is 52.4 Å². The molecule has 5 rings (SSSR count). The standard InChI is InChI=1S/C24H27ClF2N4O2S/c1-3-32-14-17-5-4-8-28-22(17)31-13-18(16(2)29-31)12-30-9-6-23(7-10-30)21-19(11-20(25)34-21)24(26,27)15-33-23/h4-5,8,11,13H,3,6-7,9-10,12,14-15H2,1-2H3. The second-order valence-corrected chi connectivity index (χ2v) is 10.5. The van der Waals surface area contributed by atoms with Crippen LogP contribution in [-0.2, 0) is 34.1 Å². The van der Waals surface area contributed by atoms with E-state index in [1.807, 2.05) is 36.9 Å². The second kappa shape index (κ2) is 9.28. The molecule has 0 aliphatic carbocycles. The number of pyridine rings is 1. The first kappa shape index (κ1) is 23.8. The van der Waals surface area contributed by atoms with Crippen molar-refractivity contribution in [2.75, 3.05) is 26.3 Å². The van der Waals surface area contributed by atoms with E-state index in [2.05, 4.69) is 9.88 Å². The summed E-state index contributed by atoms with van der Waals surface area (Å²) in [6.45, 7) is 6.69. The third-order valence-corrected chi connectivity index (χ3v) is 8.09. The number of piperidine rings is 1. The van der Waals surface area contributed by atoms with Gasteiger partial charge in [0.15, 0.2) is 5.82 Å². The zero-order chi connectivity index (χ0) is 23.9. The lowest BCUT2D eigenvalue weighted by Crippen LogP contribution is -2.48. The summed E-state index contributed by atoms with van der Waals surface area (Å²) in [5, 5.41) is 4.70. The van der Waals surface area contributed by atoms with Crippen molar-refractivity contribution in [3.8, 4) is 5.82 Å². The summed E-state index contributed by atoms with van der Waals surface area (Å²) >= 11 is 7.35. The van der Waals surface area contributed by atoms with Crippen LogP contribution in [0.25, 0.3) is 5.82 Å². The summed E-state index contributed by atoms with van der Waals surface area (Å²) in [4.78, 5) is 7.43. The van der Waals surface area contributed by atoms with Crippen molar-refractivity contribution in [2.45, 2.75) is 51.4 Å². The lowest BCUT2D eigenvalue weighted by Gasteiger charge is -2.45. The molecule has 0 N–H and O–H groups in total. The van der Waals surface area contributed by atoms with Crippen LogP contribution < -0.4 is 0 Å². The molecule has 10 heteroatoms. The van der Waals surface area contributed by atoms with Crippen LogP contribution in [0.15, 0.2) is 30.6 Å². The molecular weight excluding hydrogens is 482 g/mol. The van der Waals surface area contributed by atoms with Crippen LogP contribution in [0.2, 0.25) is 4.34 Å². The molecule has 0 radical (unpaired) electrons. The fourth-order valence-electron chi connectivity index (χ4n) is 4.75. The Morgan fingerprint density at radius 3 is 2.82 bits per heavy atom. The molecule has 6 nitrogen and oxygen atoms in total. The van der Waals surface area contributed by atoms with Gasteiger partial charge in [0.25, 0.3) is 5.92 Å². The second-order valence-electron chi connectivity index (χ2n) is 8.86. The van der Waals surface area contributed by atoms with Gasteiger partial charge in [0, 0.05) is 60.2 Å². The zero-order valence-corrected chi connectivity index (χ0v) is 20.8. The zero-order valence-electron chi connectivity index (χ0n) is 19.2. The SMILES string of the molecule is CCOCc1cccnc1-n1cc(CN2CCC3(CC2)OCC(F)(F)c2cc(Cl)sc23)c(C)n1. The molecule has 0 bridgehead atoms. The van der Waals surface area contributed by atoms with Gasteiger partial charge in [-0.1, -0.05) is 17.7 Å². The van der Waals surface area contributed by atoms with E-state index in [1.165, 1.54) is 17.4 Å². The molecule has 0 atom stereocenters. The first-order valence-electron chi connectivity index (χ1n) is 11.4. The highest BCUT2D eigenvalue weighted by Crippen LogP contribution is 2.52. The fourth-order valence-corrected chi connectivity index (χ4v) is 6.23. The Morgan fingerprint density at radius 2 is 2.06 bits per heavy atom. The Morgan fingerprint density at radius 1 is 1.26 bits per heavy atom. The summed E-state index contributed by atoms with van der Waals surface area (Å²) in [5.41, 5.74) is 2.40. The predicted molar refractivity (Wildman–Crippen MR) is 127 cm³/mol. The van der Waals surface area contributed by atoms with E-state index in [-0.39, 0.29) is 5.56 Å². The largest absolute Gasteiger partial charge is 0.377 e. The van der Waals surface area contributed by atoms with Gasteiger partial charge in [-0.25, -0.2) is 9.67 Å². The van der Waals surface area contributed by atoms with Crippen molar-refractivity contribution in [3.63, 3.8) is 0 Å². The molecule has 2 aliphatic rings. The molecule has 1 fully saturated rings. The van der Waals surface area contributed by atoms with E-state index in [4.69, 9.17) is 26.2 Å². The Balaban J connectivity index is 1.30. The Hall–Kier alpha value is -1.91. The molecular formula is C24H27ClF2N4O2S. The average Bonchev–Trinajstić information content (AvgIpc) is 3.41. The molecule has 0 unspecified atom stereocenters. The van der Waals surface area contributed by atoms with E-state index >= 15 is 0 Å². The third-order valence-electron chi connectivity index (χ3n) is 6.64. The molecule has 0 amide bonds. The van der Waals surface area contributed by atoms with Crippen LogP contribution in [-0.4, -0.2) is 46.0 Å². The van der Waals surface area contributed by atoms with E-state index < -0.39 is 18.1 Å². The maximum absolute atomic E-state index is 14.4. The average molecular weight is 509 g/mol. The van der Waals surface area contributed by atoms with Crippen LogP contribution in [0, 0.1) is 6.92 Å². The maximum Gasteiger partial charge on any atom is 0.297 e. The molecule has 1 saturated heterocycles. The van der Waals surface area contributed by atoms with E-state index in [9.17, 15) is 8.78 Å². The summed E-state index contributed by atoms with van der Waals surface area (Å²) in [6, 6.07) is 5.30. The Kier molecular flexibility index (Phi) is 6.50. The Bertz CT molecular complexity index is 1170. The van der Waals surface area contributed by atoms with E-state index in [1.54, 1.807) is 6.20 Å². The van der Waals surface area contributed by atoms with Gasteiger partial charge in [-0.3, -0.25) is 4.90 Å². The van der Waals surface area contributed by atoms with Gasteiger partial charge < -0.3 is 9.47 Å². The number of ether oxygens (including phenoxy) is 2. The smallest absolute Gasteiger partial charge is 0.297 e. The van der Waals surface area contributed by atoms with Crippen LogP contribution in [0.4, 0.5) is 8.78 Å². The highest BCUT2D eigenvalue weighted by molar-refractivity contribution is 7.16. The van der Waals surface area contributed by atoms with Crippen LogP contribution in [0.3, 0.4) is 0 Å². The number of hydrogen-bond donors (Lipinski definition) is 0. The first-order valence-corrected chi connectivity index (χ1v) is 12.6. The van der Waals surface area contributed by atoms with Crippen molar-refractivity contribution < 1.29 is 18.3 Å². The van der Waals surface area contributed by atoms with Gasteiger partial charge in [0.1, 0.15) is 12.2 Å². The number of alkyl halides is 2. The summed E-state index contributed by atoms with van der Waals surface area (Å²) in [5.74, 6) is -2.22. The minimum Gasteiger partial charge on any atom is -0.377 e. The number of likely N-dealkylation sites (tertiary alicyclic amines) is 1. The molecule has 34 heavy (non-hydrogen) atoms. The summed E-state index contributed by atoms with van der Waals surface area (Å²) < 4.78 is 42.4. The minimum absolute atomic E-state index is 0.0394. The molecule has 0 saturated carbocycles. The summed E-state index contributed by atoms with van der Waals surface area (Å²) in [7, 11) is 0. The quantitative estimate of drug-likeness (QED) is 0.444. The number of hydrogen-bond acceptors (Lipinski definition) is 6. The number of aromatic nitrogens is 3. The third kappa shape index (κ3) is 4.40. The predicted octanol–water partition coefficient (Wildman–Crippen LogP) is 5.44. The molecule has 3 aromatic rings. The van der Waals surface area contributed by atoms with Gasteiger partial charge in [-0.05, 0) is 38.8 Å².